The number of nitriles is 1. The lowest BCUT2D eigenvalue weighted by molar-refractivity contribution is -0.105. The Bertz CT molecular complexity index is 876. The maximum atomic E-state index is 13.1. The SMILES string of the molecule is N#Cc1ccc(-c2cc(NC=O)nn2-c2ccc(F)cc2)cc1. The van der Waals surface area contributed by atoms with Gasteiger partial charge in [0.05, 0.1) is 23.0 Å². The van der Waals surface area contributed by atoms with Crippen LogP contribution in [0.15, 0.2) is 54.6 Å². The molecule has 0 unspecified atom stereocenters. The van der Waals surface area contributed by atoms with Crippen LogP contribution in [0.3, 0.4) is 0 Å². The van der Waals surface area contributed by atoms with Gasteiger partial charge in [0.2, 0.25) is 6.41 Å². The minimum absolute atomic E-state index is 0.341. The first-order chi connectivity index (χ1) is 11.2. The maximum Gasteiger partial charge on any atom is 0.212 e. The van der Waals surface area contributed by atoms with E-state index in [-0.39, 0.29) is 5.82 Å². The molecule has 5 nitrogen and oxygen atoms in total. The van der Waals surface area contributed by atoms with Crippen LogP contribution < -0.4 is 5.32 Å². The molecule has 1 amide bonds. The van der Waals surface area contributed by atoms with Gasteiger partial charge in [0.15, 0.2) is 5.82 Å². The standard InChI is InChI=1S/C17H11FN4O/c18-14-5-7-15(8-6-14)22-16(9-17(21-22)20-11-23)13-3-1-12(10-19)2-4-13/h1-9,11H,(H,20,21,23). The smallest absolute Gasteiger partial charge is 0.212 e. The monoisotopic (exact) mass is 306 g/mol. The molecule has 3 aromatic rings. The number of nitrogens with zero attached hydrogens (tertiary/aromatic N) is 3. The first-order valence-corrected chi connectivity index (χ1v) is 6.78. The summed E-state index contributed by atoms with van der Waals surface area (Å²) in [6.45, 7) is 0. The van der Waals surface area contributed by atoms with Gasteiger partial charge in [-0.05, 0) is 36.4 Å². The van der Waals surface area contributed by atoms with Gasteiger partial charge < -0.3 is 5.32 Å². The molecular weight excluding hydrogens is 295 g/mol. The summed E-state index contributed by atoms with van der Waals surface area (Å²) in [6.07, 6.45) is 0.542. The summed E-state index contributed by atoms with van der Waals surface area (Å²) in [5.41, 5.74) is 2.74. The Morgan fingerprint density at radius 1 is 1.13 bits per heavy atom. The van der Waals surface area contributed by atoms with Gasteiger partial charge in [0.25, 0.3) is 0 Å². The van der Waals surface area contributed by atoms with Crippen molar-refractivity contribution in [3.63, 3.8) is 0 Å². The summed E-state index contributed by atoms with van der Waals surface area (Å²) in [5.74, 6) is 0.0377. The number of halogens is 1. The number of aromatic nitrogens is 2. The highest BCUT2D eigenvalue weighted by molar-refractivity contribution is 5.73. The highest BCUT2D eigenvalue weighted by Gasteiger charge is 2.12. The largest absolute Gasteiger partial charge is 0.312 e. The van der Waals surface area contributed by atoms with Crippen LogP contribution in [0.1, 0.15) is 5.56 Å². The second-order valence-electron chi connectivity index (χ2n) is 4.75. The summed E-state index contributed by atoms with van der Waals surface area (Å²) in [6, 6.07) is 16.6. The molecule has 0 aliphatic heterocycles. The van der Waals surface area contributed by atoms with Gasteiger partial charge >= 0.3 is 0 Å². The van der Waals surface area contributed by atoms with Crippen molar-refractivity contribution in [1.29, 1.82) is 5.26 Å². The van der Waals surface area contributed by atoms with Crippen LogP contribution in [0.4, 0.5) is 10.2 Å². The third-order valence-corrected chi connectivity index (χ3v) is 3.30. The first-order valence-electron chi connectivity index (χ1n) is 6.78. The van der Waals surface area contributed by atoms with Gasteiger partial charge in [0, 0.05) is 11.6 Å². The number of hydrogen-bond acceptors (Lipinski definition) is 3. The number of carbonyl (C=O) groups is 1. The molecule has 0 spiro atoms. The average molecular weight is 306 g/mol. The number of anilines is 1. The van der Waals surface area contributed by atoms with E-state index in [4.69, 9.17) is 5.26 Å². The molecule has 1 aromatic heterocycles. The molecule has 0 atom stereocenters. The second-order valence-corrected chi connectivity index (χ2v) is 4.75. The Morgan fingerprint density at radius 2 is 1.83 bits per heavy atom. The molecular formula is C17H11FN4O. The van der Waals surface area contributed by atoms with Crippen molar-refractivity contribution in [2.45, 2.75) is 0 Å². The lowest BCUT2D eigenvalue weighted by atomic mass is 10.1. The van der Waals surface area contributed by atoms with Crippen LogP contribution in [0.5, 0.6) is 0 Å². The minimum atomic E-state index is -0.341. The Morgan fingerprint density at radius 3 is 2.43 bits per heavy atom. The molecule has 1 N–H and O–H groups in total. The van der Waals surface area contributed by atoms with Crippen molar-refractivity contribution in [3.8, 4) is 23.0 Å². The third-order valence-electron chi connectivity index (χ3n) is 3.30. The topological polar surface area (TPSA) is 70.7 Å². The van der Waals surface area contributed by atoms with Gasteiger partial charge in [-0.3, -0.25) is 4.79 Å². The molecule has 0 aliphatic rings. The number of carbonyl (C=O) groups excluding carboxylic acids is 1. The fourth-order valence-electron chi connectivity index (χ4n) is 2.21. The van der Waals surface area contributed by atoms with Crippen LogP contribution in [0.2, 0.25) is 0 Å². The normalized spacial score (nSPS) is 10.1. The van der Waals surface area contributed by atoms with Gasteiger partial charge in [-0.25, -0.2) is 9.07 Å². The van der Waals surface area contributed by atoms with Gasteiger partial charge in [-0.1, -0.05) is 12.1 Å². The molecule has 112 valence electrons. The van der Waals surface area contributed by atoms with Gasteiger partial charge in [-0.15, -0.1) is 5.10 Å². The first kappa shape index (κ1) is 14.5. The summed E-state index contributed by atoms with van der Waals surface area (Å²) >= 11 is 0. The van der Waals surface area contributed by atoms with E-state index in [1.807, 2.05) is 0 Å². The van der Waals surface area contributed by atoms with Crippen LogP contribution in [-0.4, -0.2) is 16.2 Å². The molecule has 0 aliphatic carbocycles. The molecule has 0 fully saturated rings. The molecule has 3 rings (SSSR count). The highest BCUT2D eigenvalue weighted by atomic mass is 19.1. The molecule has 0 bridgehead atoms. The number of hydrogen-bond donors (Lipinski definition) is 1. The van der Waals surface area contributed by atoms with Crippen LogP contribution in [0, 0.1) is 17.1 Å². The van der Waals surface area contributed by atoms with E-state index in [0.29, 0.717) is 29.2 Å². The van der Waals surface area contributed by atoms with Crippen molar-refractivity contribution in [2.75, 3.05) is 5.32 Å². The van der Waals surface area contributed by atoms with Crippen molar-refractivity contribution in [1.82, 2.24) is 9.78 Å². The quantitative estimate of drug-likeness (QED) is 0.753. The predicted molar refractivity (Wildman–Crippen MR) is 83.4 cm³/mol. The van der Waals surface area contributed by atoms with E-state index in [2.05, 4.69) is 16.5 Å². The second kappa shape index (κ2) is 6.12. The van der Waals surface area contributed by atoms with Gasteiger partial charge in [0.1, 0.15) is 5.82 Å². The third kappa shape index (κ3) is 2.94. The van der Waals surface area contributed by atoms with E-state index in [0.717, 1.165) is 5.56 Å². The molecule has 2 aromatic carbocycles. The van der Waals surface area contributed by atoms with E-state index < -0.39 is 0 Å². The summed E-state index contributed by atoms with van der Waals surface area (Å²) in [4.78, 5) is 10.7. The fourth-order valence-corrected chi connectivity index (χ4v) is 2.21. The number of amides is 1. The number of rotatable bonds is 4. The van der Waals surface area contributed by atoms with Gasteiger partial charge in [-0.2, -0.15) is 5.26 Å². The van der Waals surface area contributed by atoms with Crippen molar-refractivity contribution >= 4 is 12.2 Å². The minimum Gasteiger partial charge on any atom is -0.312 e. The lowest BCUT2D eigenvalue weighted by Crippen LogP contribution is -2.00. The zero-order valence-corrected chi connectivity index (χ0v) is 11.9. The van der Waals surface area contributed by atoms with Crippen LogP contribution >= 0.6 is 0 Å². The Balaban J connectivity index is 2.12. The van der Waals surface area contributed by atoms with Crippen molar-refractivity contribution < 1.29 is 9.18 Å². The van der Waals surface area contributed by atoms with Crippen LogP contribution in [-0.2, 0) is 4.79 Å². The Kier molecular flexibility index (Phi) is 3.85. The summed E-state index contributed by atoms with van der Waals surface area (Å²) in [7, 11) is 0. The summed E-state index contributed by atoms with van der Waals surface area (Å²) < 4.78 is 14.7. The van der Waals surface area contributed by atoms with E-state index in [9.17, 15) is 9.18 Å². The molecule has 0 radical (unpaired) electrons. The maximum absolute atomic E-state index is 13.1. The van der Waals surface area contributed by atoms with E-state index in [1.54, 1.807) is 47.1 Å². The molecule has 1 heterocycles. The molecule has 0 saturated carbocycles. The van der Waals surface area contributed by atoms with E-state index in [1.165, 1.54) is 12.1 Å². The fraction of sp³-hybridized carbons (Fsp3) is 0. The summed E-state index contributed by atoms with van der Waals surface area (Å²) in [5, 5.41) is 15.7. The van der Waals surface area contributed by atoms with Crippen molar-refractivity contribution in [2.24, 2.45) is 0 Å². The molecule has 23 heavy (non-hydrogen) atoms. The predicted octanol–water partition coefficient (Wildman–Crippen LogP) is 3.12. The Labute approximate surface area is 131 Å². The number of nitrogens with one attached hydrogen (secondary N) is 1. The van der Waals surface area contributed by atoms with E-state index >= 15 is 0 Å². The zero-order valence-electron chi connectivity index (χ0n) is 11.9. The highest BCUT2D eigenvalue weighted by Crippen LogP contribution is 2.26. The average Bonchev–Trinajstić information content (AvgIpc) is 3.00. The molecule has 0 saturated heterocycles. The number of benzene rings is 2. The molecule has 6 heteroatoms. The zero-order chi connectivity index (χ0) is 16.2. The Hall–Kier alpha value is -3.46. The van der Waals surface area contributed by atoms with Crippen molar-refractivity contribution in [3.05, 3.63) is 66.0 Å². The lowest BCUT2D eigenvalue weighted by Gasteiger charge is -2.07. The van der Waals surface area contributed by atoms with Crippen LogP contribution in [0.25, 0.3) is 16.9 Å².